The Labute approximate surface area is 124 Å². The molecule has 111 valence electrons. The number of unbranched alkanes of at least 4 members (excludes halogenated alkanes) is 1. The topological polar surface area (TPSA) is 6.48 Å². The van der Waals surface area contributed by atoms with E-state index in [1.165, 1.54) is 57.4 Å². The minimum Gasteiger partial charge on any atom is -0.303 e. The van der Waals surface area contributed by atoms with Gasteiger partial charge in [-0.3, -0.25) is 4.90 Å². The van der Waals surface area contributed by atoms with Crippen molar-refractivity contribution < 1.29 is 0 Å². The molecule has 1 radical (unpaired) electrons. The van der Waals surface area contributed by atoms with Gasteiger partial charge < -0.3 is 4.90 Å². The van der Waals surface area contributed by atoms with E-state index in [-0.39, 0.29) is 0 Å². The van der Waals surface area contributed by atoms with Crippen molar-refractivity contribution in [1.29, 1.82) is 0 Å². The van der Waals surface area contributed by atoms with Crippen LogP contribution < -0.4 is 0 Å². The predicted molar refractivity (Wildman–Crippen MR) is 86.6 cm³/mol. The Morgan fingerprint density at radius 2 is 1.80 bits per heavy atom. The lowest BCUT2D eigenvalue weighted by molar-refractivity contribution is 0.231. The van der Waals surface area contributed by atoms with Crippen molar-refractivity contribution in [3.63, 3.8) is 0 Å². The maximum Gasteiger partial charge on any atom is 0.0233 e. The highest BCUT2D eigenvalue weighted by Crippen LogP contribution is 2.09. The molecule has 0 bridgehead atoms. The number of likely N-dealkylation sites (tertiary alicyclic amines) is 1. The van der Waals surface area contributed by atoms with E-state index >= 15 is 0 Å². The molecule has 1 aliphatic heterocycles. The molecule has 0 N–H and O–H groups in total. The number of benzene rings is 1. The molecule has 0 saturated carbocycles. The van der Waals surface area contributed by atoms with Crippen LogP contribution in [0, 0.1) is 6.42 Å². The van der Waals surface area contributed by atoms with Gasteiger partial charge >= 0.3 is 0 Å². The molecule has 1 aliphatic rings. The maximum absolute atomic E-state index is 2.62. The van der Waals surface area contributed by atoms with E-state index in [1.807, 2.05) is 0 Å². The van der Waals surface area contributed by atoms with Gasteiger partial charge in [0, 0.05) is 6.54 Å². The molecule has 2 nitrogen and oxygen atoms in total. The van der Waals surface area contributed by atoms with Crippen LogP contribution in [0.2, 0.25) is 0 Å². The molecule has 0 spiro atoms. The van der Waals surface area contributed by atoms with Crippen LogP contribution in [0.1, 0.15) is 38.2 Å². The molecular formula is C18H29N2. The Morgan fingerprint density at radius 3 is 2.50 bits per heavy atom. The Morgan fingerprint density at radius 1 is 1.05 bits per heavy atom. The standard InChI is InChI=1S/C18H29N2/c1-2-19(17-18-11-5-3-6-12-18)13-9-10-16-20-14-7-4-8-15-20/h3-6,11-12H,2,7-10,13-17H2,1H3. The zero-order valence-electron chi connectivity index (χ0n) is 12.9. The minimum absolute atomic E-state index is 1.09. The Hall–Kier alpha value is -0.860. The largest absolute Gasteiger partial charge is 0.303 e. The normalized spacial score (nSPS) is 16.7. The molecule has 1 saturated heterocycles. The number of piperidine rings is 1. The van der Waals surface area contributed by atoms with Crippen LogP contribution in [0.15, 0.2) is 30.3 Å². The van der Waals surface area contributed by atoms with Gasteiger partial charge in [-0.15, -0.1) is 0 Å². The van der Waals surface area contributed by atoms with Gasteiger partial charge in [0.05, 0.1) is 0 Å². The number of hydrogen-bond donors (Lipinski definition) is 0. The first-order valence-electron chi connectivity index (χ1n) is 8.19. The van der Waals surface area contributed by atoms with Crippen molar-refractivity contribution in [3.05, 3.63) is 42.3 Å². The lowest BCUT2D eigenvalue weighted by Crippen LogP contribution is -2.31. The first-order valence-corrected chi connectivity index (χ1v) is 8.19. The summed E-state index contributed by atoms with van der Waals surface area (Å²) in [7, 11) is 0. The Kier molecular flexibility index (Phi) is 7.10. The van der Waals surface area contributed by atoms with E-state index in [2.05, 4.69) is 53.5 Å². The van der Waals surface area contributed by atoms with Crippen LogP contribution in [-0.2, 0) is 6.54 Å². The average molecular weight is 273 g/mol. The van der Waals surface area contributed by atoms with Crippen molar-refractivity contribution in [2.24, 2.45) is 0 Å². The van der Waals surface area contributed by atoms with Gasteiger partial charge in [0.2, 0.25) is 0 Å². The molecule has 0 amide bonds. The fraction of sp³-hybridized carbons (Fsp3) is 0.611. The third-order valence-corrected chi connectivity index (χ3v) is 4.19. The van der Waals surface area contributed by atoms with Crippen LogP contribution >= 0.6 is 0 Å². The quantitative estimate of drug-likeness (QED) is 0.668. The summed E-state index contributed by atoms with van der Waals surface area (Å²) in [6.07, 6.45) is 7.66. The van der Waals surface area contributed by atoms with Gasteiger partial charge in [0.25, 0.3) is 0 Å². The summed E-state index contributed by atoms with van der Waals surface area (Å²) in [4.78, 5) is 5.17. The molecular weight excluding hydrogens is 244 g/mol. The van der Waals surface area contributed by atoms with Crippen LogP contribution in [-0.4, -0.2) is 42.5 Å². The highest BCUT2D eigenvalue weighted by Gasteiger charge is 2.09. The lowest BCUT2D eigenvalue weighted by atomic mass is 10.1. The molecule has 0 unspecified atom stereocenters. The van der Waals surface area contributed by atoms with Gasteiger partial charge in [-0.2, -0.15) is 0 Å². The molecule has 1 heterocycles. The van der Waals surface area contributed by atoms with E-state index in [0.717, 1.165) is 13.1 Å². The second kappa shape index (κ2) is 9.15. The zero-order chi connectivity index (χ0) is 14.0. The summed E-state index contributed by atoms with van der Waals surface area (Å²) in [5, 5.41) is 0. The van der Waals surface area contributed by atoms with Crippen molar-refractivity contribution in [2.75, 3.05) is 32.7 Å². The molecule has 1 aromatic rings. The second-order valence-electron chi connectivity index (χ2n) is 5.77. The van der Waals surface area contributed by atoms with Crippen molar-refractivity contribution in [3.8, 4) is 0 Å². The van der Waals surface area contributed by atoms with E-state index in [1.54, 1.807) is 0 Å². The molecule has 0 aromatic heterocycles. The number of hydrogen-bond acceptors (Lipinski definition) is 2. The monoisotopic (exact) mass is 273 g/mol. The van der Waals surface area contributed by atoms with Crippen molar-refractivity contribution in [2.45, 2.75) is 39.2 Å². The highest BCUT2D eigenvalue weighted by atomic mass is 15.1. The van der Waals surface area contributed by atoms with Gasteiger partial charge in [0.15, 0.2) is 0 Å². The Bertz CT molecular complexity index is 344. The second-order valence-corrected chi connectivity index (χ2v) is 5.77. The molecule has 2 heteroatoms. The molecule has 20 heavy (non-hydrogen) atoms. The number of nitrogens with zero attached hydrogens (tertiary/aromatic N) is 2. The van der Waals surface area contributed by atoms with Crippen molar-refractivity contribution in [1.82, 2.24) is 9.80 Å². The van der Waals surface area contributed by atoms with Crippen LogP contribution in [0.3, 0.4) is 0 Å². The summed E-state index contributed by atoms with van der Waals surface area (Å²) in [6.45, 7) is 9.58. The fourth-order valence-corrected chi connectivity index (χ4v) is 2.89. The molecule has 0 atom stereocenters. The highest BCUT2D eigenvalue weighted by molar-refractivity contribution is 5.14. The first kappa shape index (κ1) is 15.5. The average Bonchev–Trinajstić information content (AvgIpc) is 2.52. The van der Waals surface area contributed by atoms with Gasteiger partial charge in [-0.05, 0) is 70.4 Å². The smallest absolute Gasteiger partial charge is 0.0233 e. The molecule has 1 aromatic carbocycles. The number of rotatable bonds is 8. The minimum atomic E-state index is 1.09. The molecule has 0 aliphatic carbocycles. The summed E-state index contributed by atoms with van der Waals surface area (Å²) in [6, 6.07) is 10.8. The summed E-state index contributed by atoms with van der Waals surface area (Å²) in [5.74, 6) is 0. The van der Waals surface area contributed by atoms with Crippen LogP contribution in [0.25, 0.3) is 0 Å². The van der Waals surface area contributed by atoms with E-state index in [4.69, 9.17) is 0 Å². The van der Waals surface area contributed by atoms with Crippen molar-refractivity contribution >= 4 is 0 Å². The van der Waals surface area contributed by atoms with E-state index < -0.39 is 0 Å². The SMILES string of the molecule is CCN(CCCCN1CC[CH]CC1)Cc1ccccc1. The van der Waals surface area contributed by atoms with Gasteiger partial charge in [-0.25, -0.2) is 0 Å². The van der Waals surface area contributed by atoms with Crippen LogP contribution in [0.5, 0.6) is 0 Å². The molecule has 1 fully saturated rings. The Balaban J connectivity index is 1.61. The maximum atomic E-state index is 2.62. The van der Waals surface area contributed by atoms with E-state index in [9.17, 15) is 0 Å². The first-order chi connectivity index (χ1) is 9.88. The summed E-state index contributed by atoms with van der Waals surface area (Å²) >= 11 is 0. The third kappa shape index (κ3) is 5.64. The van der Waals surface area contributed by atoms with Gasteiger partial charge in [-0.1, -0.05) is 37.3 Å². The summed E-state index contributed by atoms with van der Waals surface area (Å²) < 4.78 is 0. The fourth-order valence-electron chi connectivity index (χ4n) is 2.89. The van der Waals surface area contributed by atoms with Gasteiger partial charge in [0.1, 0.15) is 0 Å². The molecule has 2 rings (SSSR count). The van der Waals surface area contributed by atoms with E-state index in [0.29, 0.717) is 0 Å². The van der Waals surface area contributed by atoms with Crippen LogP contribution in [0.4, 0.5) is 0 Å². The predicted octanol–water partition coefficient (Wildman–Crippen LogP) is 3.59. The summed E-state index contributed by atoms with van der Waals surface area (Å²) in [5.41, 5.74) is 1.43. The lowest BCUT2D eigenvalue weighted by Gasteiger charge is -2.26. The third-order valence-electron chi connectivity index (χ3n) is 4.19. The zero-order valence-corrected chi connectivity index (χ0v) is 12.9.